The summed E-state index contributed by atoms with van der Waals surface area (Å²) in [5.41, 5.74) is 1.71. The van der Waals surface area contributed by atoms with Gasteiger partial charge in [-0.3, -0.25) is 0 Å². The molecule has 146 valence electrons. The summed E-state index contributed by atoms with van der Waals surface area (Å²) in [6.07, 6.45) is 4.44. The summed E-state index contributed by atoms with van der Waals surface area (Å²) in [6, 6.07) is 10.2. The molecule has 28 heavy (non-hydrogen) atoms. The smallest absolute Gasteiger partial charge is 0.259 e. The van der Waals surface area contributed by atoms with E-state index in [1.54, 1.807) is 18.3 Å². The Hall–Kier alpha value is -2.80. The monoisotopic (exact) mass is 382 g/mol. The Bertz CT molecular complexity index is 890. The molecule has 0 saturated carbocycles. The van der Waals surface area contributed by atoms with E-state index in [1.165, 1.54) is 12.1 Å². The van der Waals surface area contributed by atoms with Gasteiger partial charge in [0.25, 0.3) is 5.89 Å². The molecule has 3 aromatic rings. The molecule has 0 aliphatic carbocycles. The molecule has 1 saturated heterocycles. The van der Waals surface area contributed by atoms with Crippen molar-refractivity contribution in [3.63, 3.8) is 0 Å². The van der Waals surface area contributed by atoms with Gasteiger partial charge in [0.1, 0.15) is 11.6 Å². The van der Waals surface area contributed by atoms with Gasteiger partial charge < -0.3 is 14.2 Å². The minimum absolute atomic E-state index is 0.259. The largest absolute Gasteiger partial charge is 0.381 e. The van der Waals surface area contributed by atoms with E-state index in [9.17, 15) is 4.39 Å². The Kier molecular flexibility index (Phi) is 5.62. The summed E-state index contributed by atoms with van der Waals surface area (Å²) in [6.45, 7) is 2.67. The SMILES string of the molecule is CN(CC1CCOCC1)c1ccc(-c2nc(Cc3ccc(F)cc3)no2)cn1. The van der Waals surface area contributed by atoms with Crippen LogP contribution in [-0.2, 0) is 11.2 Å². The molecule has 0 radical (unpaired) electrons. The first-order valence-corrected chi connectivity index (χ1v) is 9.50. The molecule has 4 rings (SSSR count). The van der Waals surface area contributed by atoms with E-state index < -0.39 is 0 Å². The number of pyridine rings is 1. The lowest BCUT2D eigenvalue weighted by Gasteiger charge is -2.27. The molecule has 1 aliphatic heterocycles. The average Bonchev–Trinajstić information content (AvgIpc) is 3.19. The van der Waals surface area contributed by atoms with Gasteiger partial charge in [-0.15, -0.1) is 0 Å². The lowest BCUT2D eigenvalue weighted by molar-refractivity contribution is 0.0685. The lowest BCUT2D eigenvalue weighted by Crippen LogP contribution is -2.29. The summed E-state index contributed by atoms with van der Waals surface area (Å²) in [7, 11) is 2.06. The number of hydrogen-bond acceptors (Lipinski definition) is 6. The molecule has 0 unspecified atom stereocenters. The summed E-state index contributed by atoms with van der Waals surface area (Å²) in [5, 5.41) is 4.02. The number of ether oxygens (including phenoxy) is 1. The van der Waals surface area contributed by atoms with Crippen molar-refractivity contribution in [3.8, 4) is 11.5 Å². The van der Waals surface area contributed by atoms with E-state index in [0.717, 1.165) is 49.5 Å². The highest BCUT2D eigenvalue weighted by Gasteiger charge is 2.17. The first-order valence-electron chi connectivity index (χ1n) is 9.50. The van der Waals surface area contributed by atoms with Crippen LogP contribution < -0.4 is 4.90 Å². The Morgan fingerprint density at radius 2 is 1.89 bits per heavy atom. The fraction of sp³-hybridized carbons (Fsp3) is 0.381. The number of nitrogens with zero attached hydrogens (tertiary/aromatic N) is 4. The van der Waals surface area contributed by atoms with Gasteiger partial charge in [-0.05, 0) is 48.6 Å². The van der Waals surface area contributed by atoms with Crippen LogP contribution in [0.2, 0.25) is 0 Å². The van der Waals surface area contributed by atoms with Crippen molar-refractivity contribution in [1.82, 2.24) is 15.1 Å². The minimum Gasteiger partial charge on any atom is -0.381 e. The van der Waals surface area contributed by atoms with Crippen LogP contribution in [0.5, 0.6) is 0 Å². The second-order valence-electron chi connectivity index (χ2n) is 7.16. The molecule has 0 spiro atoms. The van der Waals surface area contributed by atoms with E-state index in [1.807, 2.05) is 12.1 Å². The molecule has 6 nitrogen and oxygen atoms in total. The normalized spacial score (nSPS) is 14.9. The number of benzene rings is 1. The highest BCUT2D eigenvalue weighted by molar-refractivity contribution is 5.54. The van der Waals surface area contributed by atoms with Crippen molar-refractivity contribution in [2.75, 3.05) is 31.7 Å². The van der Waals surface area contributed by atoms with E-state index >= 15 is 0 Å². The number of anilines is 1. The van der Waals surface area contributed by atoms with Crippen LogP contribution in [0.4, 0.5) is 10.2 Å². The third kappa shape index (κ3) is 4.54. The summed E-state index contributed by atoms with van der Waals surface area (Å²) >= 11 is 0. The van der Waals surface area contributed by atoms with Crippen molar-refractivity contribution in [3.05, 3.63) is 59.8 Å². The minimum atomic E-state index is -0.259. The van der Waals surface area contributed by atoms with Gasteiger partial charge in [0.05, 0.1) is 5.56 Å². The molecular weight excluding hydrogens is 359 g/mol. The number of rotatable bonds is 6. The Labute approximate surface area is 163 Å². The van der Waals surface area contributed by atoms with Crippen molar-refractivity contribution in [2.24, 2.45) is 5.92 Å². The van der Waals surface area contributed by atoms with Crippen LogP contribution in [0.15, 0.2) is 47.1 Å². The predicted octanol–water partition coefficient (Wildman–Crippen LogP) is 3.72. The van der Waals surface area contributed by atoms with E-state index in [0.29, 0.717) is 24.1 Å². The highest BCUT2D eigenvalue weighted by Crippen LogP contribution is 2.22. The molecule has 3 heterocycles. The summed E-state index contributed by atoms with van der Waals surface area (Å²) in [4.78, 5) is 11.2. The Balaban J connectivity index is 1.39. The van der Waals surface area contributed by atoms with Crippen LogP contribution in [0.1, 0.15) is 24.2 Å². The van der Waals surface area contributed by atoms with Crippen LogP contribution in [0.25, 0.3) is 11.5 Å². The lowest BCUT2D eigenvalue weighted by atomic mass is 10.00. The molecule has 0 N–H and O–H groups in total. The third-order valence-electron chi connectivity index (χ3n) is 5.00. The zero-order valence-electron chi connectivity index (χ0n) is 15.8. The number of halogens is 1. The third-order valence-corrected chi connectivity index (χ3v) is 5.00. The maximum Gasteiger partial charge on any atom is 0.259 e. The van der Waals surface area contributed by atoms with Gasteiger partial charge in [-0.1, -0.05) is 17.3 Å². The second kappa shape index (κ2) is 8.48. The Morgan fingerprint density at radius 3 is 2.61 bits per heavy atom. The zero-order chi connectivity index (χ0) is 19.3. The van der Waals surface area contributed by atoms with Crippen molar-refractivity contribution >= 4 is 5.82 Å². The van der Waals surface area contributed by atoms with Crippen molar-refractivity contribution in [2.45, 2.75) is 19.3 Å². The molecule has 2 aromatic heterocycles. The van der Waals surface area contributed by atoms with E-state index in [2.05, 4.69) is 27.1 Å². The topological polar surface area (TPSA) is 64.3 Å². The molecule has 0 amide bonds. The zero-order valence-corrected chi connectivity index (χ0v) is 15.8. The van der Waals surface area contributed by atoms with Crippen LogP contribution in [-0.4, -0.2) is 41.9 Å². The van der Waals surface area contributed by atoms with Gasteiger partial charge in [-0.2, -0.15) is 4.98 Å². The maximum absolute atomic E-state index is 13.0. The molecule has 1 aliphatic rings. The van der Waals surface area contributed by atoms with E-state index in [-0.39, 0.29) is 5.82 Å². The number of aromatic nitrogens is 3. The standard InChI is InChI=1S/C21H23FN4O2/c1-26(14-16-8-10-27-11-9-16)20-7-4-17(13-23-20)21-24-19(25-28-21)12-15-2-5-18(22)6-3-15/h2-7,13,16H,8-12,14H2,1H3. The van der Waals surface area contributed by atoms with Gasteiger partial charge in [0, 0.05) is 39.4 Å². The van der Waals surface area contributed by atoms with Gasteiger partial charge in [0.2, 0.25) is 0 Å². The van der Waals surface area contributed by atoms with Gasteiger partial charge >= 0.3 is 0 Å². The first kappa shape index (κ1) is 18.6. The fourth-order valence-electron chi connectivity index (χ4n) is 3.38. The highest BCUT2D eigenvalue weighted by atomic mass is 19.1. The summed E-state index contributed by atoms with van der Waals surface area (Å²) in [5.74, 6) is 2.29. The molecular formula is C21H23FN4O2. The molecule has 0 bridgehead atoms. The van der Waals surface area contributed by atoms with Gasteiger partial charge in [-0.25, -0.2) is 9.37 Å². The molecule has 0 atom stereocenters. The summed E-state index contributed by atoms with van der Waals surface area (Å²) < 4.78 is 23.8. The average molecular weight is 382 g/mol. The predicted molar refractivity (Wildman–Crippen MR) is 104 cm³/mol. The molecule has 7 heteroatoms. The Morgan fingerprint density at radius 1 is 1.11 bits per heavy atom. The van der Waals surface area contributed by atoms with Crippen LogP contribution in [0.3, 0.4) is 0 Å². The quantitative estimate of drug-likeness (QED) is 0.647. The number of hydrogen-bond donors (Lipinski definition) is 0. The van der Waals surface area contributed by atoms with Crippen molar-refractivity contribution < 1.29 is 13.7 Å². The van der Waals surface area contributed by atoms with Crippen molar-refractivity contribution in [1.29, 1.82) is 0 Å². The van der Waals surface area contributed by atoms with Gasteiger partial charge in [0.15, 0.2) is 5.82 Å². The maximum atomic E-state index is 13.0. The molecule has 1 fully saturated rings. The van der Waals surface area contributed by atoms with E-state index in [4.69, 9.17) is 9.26 Å². The first-order chi connectivity index (χ1) is 13.7. The van der Waals surface area contributed by atoms with Crippen LogP contribution >= 0.6 is 0 Å². The molecule has 1 aromatic carbocycles. The van der Waals surface area contributed by atoms with Crippen LogP contribution in [0, 0.1) is 11.7 Å². The second-order valence-corrected chi connectivity index (χ2v) is 7.16. The fourth-order valence-corrected chi connectivity index (χ4v) is 3.38.